The number of halogens is 1. The summed E-state index contributed by atoms with van der Waals surface area (Å²) in [7, 11) is -2.45. The van der Waals surface area contributed by atoms with Crippen molar-refractivity contribution in [3.63, 3.8) is 0 Å². The first kappa shape index (κ1) is 26.8. The number of rotatable bonds is 10. The quantitative estimate of drug-likeness (QED) is 0.318. The standard InChI is InChI=1S/C27H30BrNO5S/c1-5-14-34-25-13-11-21(33-4)17-23(25)19-10-12-22(20(16-19)15-18(2)3)27(30)29-35(31,32)26-9-7-6-8-24(26)28/h6-13,16-18H,5,14-15H2,1-4H3,(H,29,30). The fraction of sp³-hybridized carbons (Fsp3) is 0.296. The molecule has 6 nitrogen and oxygen atoms in total. The van der Waals surface area contributed by atoms with Crippen LogP contribution in [0.2, 0.25) is 0 Å². The minimum Gasteiger partial charge on any atom is -0.497 e. The maximum absolute atomic E-state index is 13.2. The van der Waals surface area contributed by atoms with Gasteiger partial charge in [0.15, 0.2) is 0 Å². The molecule has 0 aliphatic carbocycles. The number of nitrogens with one attached hydrogen (secondary N) is 1. The van der Waals surface area contributed by atoms with Gasteiger partial charge in [-0.25, -0.2) is 13.1 Å². The van der Waals surface area contributed by atoms with Crippen LogP contribution in [0.1, 0.15) is 43.1 Å². The van der Waals surface area contributed by atoms with Crippen LogP contribution in [0.25, 0.3) is 11.1 Å². The van der Waals surface area contributed by atoms with E-state index in [1.165, 1.54) is 6.07 Å². The summed E-state index contributed by atoms with van der Waals surface area (Å²) in [4.78, 5) is 13.2. The molecule has 3 aromatic carbocycles. The molecule has 0 atom stereocenters. The van der Waals surface area contributed by atoms with Crippen LogP contribution in [0, 0.1) is 5.92 Å². The Hall–Kier alpha value is -2.84. The van der Waals surface area contributed by atoms with E-state index < -0.39 is 15.9 Å². The fourth-order valence-electron chi connectivity index (χ4n) is 3.69. The topological polar surface area (TPSA) is 81.7 Å². The maximum atomic E-state index is 13.2. The fourth-order valence-corrected chi connectivity index (χ4v) is 5.66. The van der Waals surface area contributed by atoms with Crippen LogP contribution in [0.5, 0.6) is 11.5 Å². The summed E-state index contributed by atoms with van der Waals surface area (Å²) in [5.41, 5.74) is 2.77. The van der Waals surface area contributed by atoms with Crippen LogP contribution < -0.4 is 14.2 Å². The Labute approximate surface area is 215 Å². The van der Waals surface area contributed by atoms with Gasteiger partial charge in [-0.05, 0) is 82.2 Å². The Kier molecular flexibility index (Phi) is 8.97. The van der Waals surface area contributed by atoms with Crippen molar-refractivity contribution in [3.8, 4) is 22.6 Å². The van der Waals surface area contributed by atoms with E-state index in [2.05, 4.69) is 20.7 Å². The molecule has 0 aliphatic rings. The molecule has 8 heteroatoms. The highest BCUT2D eigenvalue weighted by Gasteiger charge is 2.23. The van der Waals surface area contributed by atoms with Crippen LogP contribution >= 0.6 is 15.9 Å². The molecule has 3 aromatic rings. The van der Waals surface area contributed by atoms with Gasteiger partial charge in [-0.15, -0.1) is 0 Å². The molecular formula is C27H30BrNO5S. The molecule has 0 spiro atoms. The van der Waals surface area contributed by atoms with E-state index in [-0.39, 0.29) is 10.8 Å². The third-order valence-corrected chi connectivity index (χ3v) is 7.63. The molecule has 0 saturated heterocycles. The van der Waals surface area contributed by atoms with E-state index in [4.69, 9.17) is 9.47 Å². The summed E-state index contributed by atoms with van der Waals surface area (Å²) in [6.07, 6.45) is 1.47. The molecule has 0 radical (unpaired) electrons. The van der Waals surface area contributed by atoms with Gasteiger partial charge in [-0.3, -0.25) is 4.79 Å². The predicted octanol–water partition coefficient (Wildman–Crippen LogP) is 6.23. The largest absolute Gasteiger partial charge is 0.497 e. The van der Waals surface area contributed by atoms with E-state index in [1.54, 1.807) is 37.4 Å². The Bertz CT molecular complexity index is 1300. The second kappa shape index (κ2) is 11.7. The van der Waals surface area contributed by atoms with Crippen molar-refractivity contribution in [2.45, 2.75) is 38.5 Å². The van der Waals surface area contributed by atoms with E-state index >= 15 is 0 Å². The number of carbonyl (C=O) groups is 1. The molecule has 186 valence electrons. The molecule has 1 N–H and O–H groups in total. The van der Waals surface area contributed by atoms with Crippen molar-refractivity contribution >= 4 is 31.9 Å². The summed E-state index contributed by atoms with van der Waals surface area (Å²) in [5, 5.41) is 0. The Morgan fingerprint density at radius 2 is 1.80 bits per heavy atom. The van der Waals surface area contributed by atoms with Gasteiger partial charge in [0, 0.05) is 15.6 Å². The second-order valence-electron chi connectivity index (χ2n) is 8.55. The zero-order valence-corrected chi connectivity index (χ0v) is 22.7. The third kappa shape index (κ3) is 6.64. The molecular weight excluding hydrogens is 530 g/mol. The first-order valence-corrected chi connectivity index (χ1v) is 13.7. The van der Waals surface area contributed by atoms with Crippen LogP contribution in [0.4, 0.5) is 0 Å². The number of amides is 1. The molecule has 0 bridgehead atoms. The summed E-state index contributed by atoms with van der Waals surface area (Å²) in [6.45, 7) is 6.71. The van der Waals surface area contributed by atoms with Crippen molar-refractivity contribution in [3.05, 3.63) is 76.3 Å². The van der Waals surface area contributed by atoms with E-state index in [1.807, 2.05) is 45.0 Å². The van der Waals surface area contributed by atoms with Crippen molar-refractivity contribution in [1.82, 2.24) is 4.72 Å². The average Bonchev–Trinajstić information content (AvgIpc) is 2.82. The first-order valence-electron chi connectivity index (χ1n) is 11.4. The highest BCUT2D eigenvalue weighted by atomic mass is 79.9. The van der Waals surface area contributed by atoms with Gasteiger partial charge in [0.1, 0.15) is 16.4 Å². The minimum atomic E-state index is -4.05. The molecule has 0 aromatic heterocycles. The molecule has 0 aliphatic heterocycles. The minimum absolute atomic E-state index is 0.00414. The number of carbonyl (C=O) groups excluding carboxylic acids is 1. The zero-order chi connectivity index (χ0) is 25.6. The van der Waals surface area contributed by atoms with Crippen molar-refractivity contribution in [2.75, 3.05) is 13.7 Å². The van der Waals surface area contributed by atoms with Gasteiger partial charge in [0.05, 0.1) is 13.7 Å². The lowest BCUT2D eigenvalue weighted by Crippen LogP contribution is -2.31. The van der Waals surface area contributed by atoms with Crippen LogP contribution in [-0.2, 0) is 16.4 Å². The molecule has 3 rings (SSSR count). The normalized spacial score (nSPS) is 11.4. The predicted molar refractivity (Wildman–Crippen MR) is 142 cm³/mol. The number of hydrogen-bond donors (Lipinski definition) is 1. The van der Waals surface area contributed by atoms with Crippen molar-refractivity contribution in [2.24, 2.45) is 5.92 Å². The summed E-state index contributed by atoms with van der Waals surface area (Å²) in [5.74, 6) is 0.987. The number of benzene rings is 3. The van der Waals surface area contributed by atoms with E-state index in [0.717, 1.165) is 28.9 Å². The Morgan fingerprint density at radius 1 is 1.06 bits per heavy atom. The summed E-state index contributed by atoms with van der Waals surface area (Å²) in [6, 6.07) is 17.4. The number of sulfonamides is 1. The van der Waals surface area contributed by atoms with E-state index in [9.17, 15) is 13.2 Å². The Balaban J connectivity index is 2.03. The van der Waals surface area contributed by atoms with Crippen LogP contribution in [0.3, 0.4) is 0 Å². The second-order valence-corrected chi connectivity index (χ2v) is 11.1. The molecule has 0 unspecified atom stereocenters. The first-order chi connectivity index (χ1) is 16.7. The molecule has 35 heavy (non-hydrogen) atoms. The zero-order valence-electron chi connectivity index (χ0n) is 20.3. The lowest BCUT2D eigenvalue weighted by Gasteiger charge is -2.17. The molecule has 0 saturated carbocycles. The van der Waals surface area contributed by atoms with Crippen molar-refractivity contribution < 1.29 is 22.7 Å². The van der Waals surface area contributed by atoms with Gasteiger partial charge in [-0.1, -0.05) is 45.0 Å². The summed E-state index contributed by atoms with van der Waals surface area (Å²) < 4.78 is 39.7. The summed E-state index contributed by atoms with van der Waals surface area (Å²) >= 11 is 3.24. The number of ether oxygens (including phenoxy) is 2. The number of hydrogen-bond acceptors (Lipinski definition) is 5. The highest BCUT2D eigenvalue weighted by Crippen LogP contribution is 2.35. The monoisotopic (exact) mass is 559 g/mol. The van der Waals surface area contributed by atoms with Gasteiger partial charge >= 0.3 is 0 Å². The average molecular weight is 561 g/mol. The molecule has 0 fully saturated rings. The van der Waals surface area contributed by atoms with E-state index in [0.29, 0.717) is 28.8 Å². The lowest BCUT2D eigenvalue weighted by atomic mass is 9.93. The van der Waals surface area contributed by atoms with Gasteiger partial charge in [0.2, 0.25) is 0 Å². The Morgan fingerprint density at radius 3 is 2.46 bits per heavy atom. The lowest BCUT2D eigenvalue weighted by molar-refractivity contribution is 0.0980. The highest BCUT2D eigenvalue weighted by molar-refractivity contribution is 9.10. The maximum Gasteiger partial charge on any atom is 0.265 e. The van der Waals surface area contributed by atoms with Gasteiger partial charge < -0.3 is 9.47 Å². The van der Waals surface area contributed by atoms with Gasteiger partial charge in [-0.2, -0.15) is 0 Å². The van der Waals surface area contributed by atoms with Crippen LogP contribution in [0.15, 0.2) is 70.0 Å². The van der Waals surface area contributed by atoms with Gasteiger partial charge in [0.25, 0.3) is 15.9 Å². The SMILES string of the molecule is CCCOc1ccc(OC)cc1-c1ccc(C(=O)NS(=O)(=O)c2ccccc2Br)c(CC(C)C)c1. The molecule has 0 heterocycles. The smallest absolute Gasteiger partial charge is 0.265 e. The van der Waals surface area contributed by atoms with Crippen molar-refractivity contribution in [1.29, 1.82) is 0 Å². The van der Waals surface area contributed by atoms with Crippen LogP contribution in [-0.4, -0.2) is 28.0 Å². The number of methoxy groups -OCH3 is 1. The third-order valence-electron chi connectivity index (χ3n) is 5.29. The molecule has 1 amide bonds.